The molecule has 0 bridgehead atoms. The van der Waals surface area contributed by atoms with Crippen LogP contribution in [0.2, 0.25) is 0 Å². The third-order valence-electron chi connectivity index (χ3n) is 5.83. The number of carbonyl (C=O) groups is 1. The molecule has 0 saturated carbocycles. The van der Waals surface area contributed by atoms with Crippen LogP contribution < -0.4 is 4.90 Å². The van der Waals surface area contributed by atoms with Gasteiger partial charge in [-0.1, -0.05) is 25.1 Å². The molecule has 4 heterocycles. The van der Waals surface area contributed by atoms with E-state index in [0.29, 0.717) is 0 Å². The number of amides is 1. The lowest BCUT2D eigenvalue weighted by Gasteiger charge is -2.46. The summed E-state index contributed by atoms with van der Waals surface area (Å²) in [6.07, 6.45) is 4.40. The first-order valence-corrected chi connectivity index (χ1v) is 10.9. The Kier molecular flexibility index (Phi) is 4.47. The minimum absolute atomic E-state index is 0.0869. The van der Waals surface area contributed by atoms with Crippen LogP contribution in [0.15, 0.2) is 48.2 Å². The summed E-state index contributed by atoms with van der Waals surface area (Å²) in [5.41, 5.74) is 1.67. The molecule has 4 aromatic rings. The number of piperazine rings is 1. The third-order valence-corrected chi connectivity index (χ3v) is 6.80. The third kappa shape index (κ3) is 2.97. The second-order valence-corrected chi connectivity index (χ2v) is 8.52. The molecule has 5 rings (SSSR count). The largest absolute Gasteiger partial charge is 0.352 e. The Labute approximate surface area is 173 Å². The van der Waals surface area contributed by atoms with Crippen LogP contribution in [0.5, 0.6) is 0 Å². The second-order valence-electron chi connectivity index (χ2n) is 7.61. The van der Waals surface area contributed by atoms with E-state index in [1.165, 1.54) is 0 Å². The summed E-state index contributed by atoms with van der Waals surface area (Å²) in [6.45, 7) is 5.81. The first kappa shape index (κ1) is 18.1. The van der Waals surface area contributed by atoms with Crippen LogP contribution in [0.1, 0.15) is 30.6 Å². The van der Waals surface area contributed by atoms with Crippen molar-refractivity contribution in [1.29, 1.82) is 0 Å². The number of anilines is 1. The molecule has 2 atom stereocenters. The number of benzene rings is 1. The van der Waals surface area contributed by atoms with Gasteiger partial charge in [0, 0.05) is 46.8 Å². The minimum Gasteiger partial charge on any atom is -0.352 e. The topological polar surface area (TPSA) is 65.1 Å². The van der Waals surface area contributed by atoms with E-state index in [2.05, 4.69) is 44.7 Å². The van der Waals surface area contributed by atoms with Crippen LogP contribution in [0, 0.1) is 0 Å². The first-order chi connectivity index (χ1) is 14.2. The highest BCUT2D eigenvalue weighted by Crippen LogP contribution is 2.31. The molecule has 1 aromatic carbocycles. The molecular formula is C22H23N5OS. The molecule has 1 amide bonds. The van der Waals surface area contributed by atoms with Crippen molar-refractivity contribution in [2.75, 3.05) is 18.0 Å². The molecule has 29 heavy (non-hydrogen) atoms. The number of fused-ring (bicyclic) bond motifs is 2. The maximum atomic E-state index is 13.6. The Balaban J connectivity index is 1.47. The van der Waals surface area contributed by atoms with Gasteiger partial charge in [-0.3, -0.25) is 4.79 Å². The van der Waals surface area contributed by atoms with Crippen LogP contribution in [0.4, 0.5) is 5.82 Å². The zero-order valence-electron chi connectivity index (χ0n) is 16.5. The molecule has 1 aliphatic heterocycles. The number of carbonyl (C=O) groups excluding carboxylic acids is 1. The van der Waals surface area contributed by atoms with E-state index in [1.54, 1.807) is 17.7 Å². The van der Waals surface area contributed by atoms with Crippen molar-refractivity contribution in [2.45, 2.75) is 32.4 Å². The smallest absolute Gasteiger partial charge is 0.255 e. The van der Waals surface area contributed by atoms with E-state index >= 15 is 0 Å². The summed E-state index contributed by atoms with van der Waals surface area (Å²) in [4.78, 5) is 30.0. The molecule has 148 valence electrons. The number of nitrogens with one attached hydrogen (secondary N) is 1. The monoisotopic (exact) mass is 405 g/mol. The number of rotatable bonds is 3. The van der Waals surface area contributed by atoms with E-state index in [-0.39, 0.29) is 18.0 Å². The summed E-state index contributed by atoms with van der Waals surface area (Å²) >= 11 is 1.64. The number of aromatic amines is 1. The minimum atomic E-state index is 0.0869. The van der Waals surface area contributed by atoms with Gasteiger partial charge in [-0.2, -0.15) is 0 Å². The van der Waals surface area contributed by atoms with Gasteiger partial charge in [0.1, 0.15) is 17.8 Å². The molecule has 0 radical (unpaired) electrons. The molecule has 0 aliphatic carbocycles. The number of hydrogen-bond acceptors (Lipinski definition) is 5. The lowest BCUT2D eigenvalue weighted by molar-refractivity contribution is 0.0546. The van der Waals surface area contributed by atoms with Crippen LogP contribution >= 0.6 is 11.3 Å². The molecule has 1 aliphatic rings. The maximum absolute atomic E-state index is 13.6. The van der Waals surface area contributed by atoms with Gasteiger partial charge in [-0.15, -0.1) is 11.3 Å². The predicted octanol–water partition coefficient (Wildman–Crippen LogP) is 4.30. The Morgan fingerprint density at radius 3 is 2.93 bits per heavy atom. The fraction of sp³-hybridized carbons (Fsp3) is 0.318. The Bertz CT molecular complexity index is 1180. The molecule has 0 unspecified atom stereocenters. The first-order valence-electron chi connectivity index (χ1n) is 9.99. The zero-order valence-corrected chi connectivity index (χ0v) is 17.3. The van der Waals surface area contributed by atoms with Gasteiger partial charge in [0.05, 0.1) is 10.9 Å². The summed E-state index contributed by atoms with van der Waals surface area (Å²) < 4.78 is 1.16. The molecule has 3 aromatic heterocycles. The van der Waals surface area contributed by atoms with Gasteiger partial charge in [0.25, 0.3) is 5.91 Å². The highest BCUT2D eigenvalue weighted by atomic mass is 32.1. The van der Waals surface area contributed by atoms with Gasteiger partial charge in [-0.05, 0) is 25.5 Å². The van der Waals surface area contributed by atoms with Crippen molar-refractivity contribution in [3.05, 3.63) is 53.8 Å². The predicted molar refractivity (Wildman–Crippen MR) is 118 cm³/mol. The van der Waals surface area contributed by atoms with Crippen molar-refractivity contribution in [2.24, 2.45) is 0 Å². The molecule has 6 nitrogen and oxygen atoms in total. The van der Waals surface area contributed by atoms with Crippen molar-refractivity contribution in [3.8, 4) is 0 Å². The highest BCUT2D eigenvalue weighted by molar-refractivity contribution is 7.17. The normalized spacial score (nSPS) is 19.9. The molecule has 1 N–H and O–H groups in total. The average molecular weight is 406 g/mol. The zero-order chi connectivity index (χ0) is 20.0. The van der Waals surface area contributed by atoms with Gasteiger partial charge >= 0.3 is 0 Å². The fourth-order valence-electron chi connectivity index (χ4n) is 4.44. The lowest BCUT2D eigenvalue weighted by Crippen LogP contribution is -2.59. The second kappa shape index (κ2) is 7.15. The number of hydrogen-bond donors (Lipinski definition) is 1. The molecular weight excluding hydrogens is 382 g/mol. The summed E-state index contributed by atoms with van der Waals surface area (Å²) in [7, 11) is 0. The van der Waals surface area contributed by atoms with Crippen LogP contribution in [0.25, 0.3) is 21.1 Å². The van der Waals surface area contributed by atoms with Crippen molar-refractivity contribution < 1.29 is 4.79 Å². The van der Waals surface area contributed by atoms with Crippen molar-refractivity contribution in [1.82, 2.24) is 19.9 Å². The molecule has 7 heteroatoms. The van der Waals surface area contributed by atoms with Gasteiger partial charge < -0.3 is 14.8 Å². The number of aromatic nitrogens is 3. The number of H-pyrrole nitrogens is 1. The number of thiophene rings is 1. The van der Waals surface area contributed by atoms with E-state index in [0.717, 1.165) is 52.0 Å². The average Bonchev–Trinajstić information content (AvgIpc) is 3.39. The lowest BCUT2D eigenvalue weighted by atomic mass is 10.0. The quantitative estimate of drug-likeness (QED) is 0.552. The highest BCUT2D eigenvalue weighted by Gasteiger charge is 2.36. The van der Waals surface area contributed by atoms with Crippen LogP contribution in [-0.4, -0.2) is 50.9 Å². The standard InChI is InChI=1S/C22H23N5OS/c1-3-15-11-26(21-17-8-9-23-20(17)24-13-25-21)10-14(2)27(15)22(28)18-12-29-19-7-5-4-6-16(18)19/h4-9,12-15H,3,10-11H2,1-2H3,(H,23,24,25)/t14-,15-/m0/s1. The van der Waals surface area contributed by atoms with Crippen LogP contribution in [-0.2, 0) is 0 Å². The SMILES string of the molecule is CC[C@H]1CN(c2ncnc3[nH]ccc23)C[C@H](C)N1C(=O)c1csc2ccccc12. The van der Waals surface area contributed by atoms with E-state index in [9.17, 15) is 4.79 Å². The van der Waals surface area contributed by atoms with Crippen molar-refractivity contribution >= 4 is 44.2 Å². The van der Waals surface area contributed by atoms with Crippen molar-refractivity contribution in [3.63, 3.8) is 0 Å². The Morgan fingerprint density at radius 2 is 2.07 bits per heavy atom. The van der Waals surface area contributed by atoms with E-state index in [4.69, 9.17) is 0 Å². The van der Waals surface area contributed by atoms with E-state index < -0.39 is 0 Å². The maximum Gasteiger partial charge on any atom is 0.255 e. The molecule has 0 spiro atoms. The van der Waals surface area contributed by atoms with E-state index in [1.807, 2.05) is 35.8 Å². The van der Waals surface area contributed by atoms with Crippen LogP contribution in [0.3, 0.4) is 0 Å². The summed E-state index contributed by atoms with van der Waals surface area (Å²) in [5.74, 6) is 1.07. The Hall–Kier alpha value is -2.93. The molecule has 1 fully saturated rings. The number of nitrogens with zero attached hydrogens (tertiary/aromatic N) is 4. The fourth-order valence-corrected chi connectivity index (χ4v) is 5.38. The van der Waals surface area contributed by atoms with Gasteiger partial charge in [-0.25, -0.2) is 9.97 Å². The summed E-state index contributed by atoms with van der Waals surface area (Å²) in [5, 5.41) is 4.09. The summed E-state index contributed by atoms with van der Waals surface area (Å²) in [6, 6.07) is 10.4. The van der Waals surface area contributed by atoms with Gasteiger partial charge in [0.2, 0.25) is 0 Å². The van der Waals surface area contributed by atoms with Gasteiger partial charge in [0.15, 0.2) is 0 Å². The molecule has 1 saturated heterocycles. The Morgan fingerprint density at radius 1 is 1.21 bits per heavy atom.